The summed E-state index contributed by atoms with van der Waals surface area (Å²) in [6.07, 6.45) is 0.609. The summed E-state index contributed by atoms with van der Waals surface area (Å²) in [5, 5.41) is 0.806. The molecule has 0 atom stereocenters. The van der Waals surface area contributed by atoms with Gasteiger partial charge in [-0.3, -0.25) is 9.69 Å². The van der Waals surface area contributed by atoms with Crippen LogP contribution >= 0.6 is 11.6 Å². The third-order valence-electron chi connectivity index (χ3n) is 3.41. The summed E-state index contributed by atoms with van der Waals surface area (Å²) in [5.74, 6) is 0.263. The zero-order valence-corrected chi connectivity index (χ0v) is 11.5. The highest BCUT2D eigenvalue weighted by Crippen LogP contribution is 2.18. The van der Waals surface area contributed by atoms with Crippen LogP contribution in [0.2, 0.25) is 5.02 Å². The molecule has 98 valence electrons. The van der Waals surface area contributed by atoms with E-state index in [-0.39, 0.29) is 5.91 Å². The molecular weight excluding hydrogens is 248 g/mol. The van der Waals surface area contributed by atoms with E-state index in [9.17, 15) is 4.79 Å². The molecule has 0 bridgehead atoms. The van der Waals surface area contributed by atoms with E-state index in [4.69, 9.17) is 11.6 Å². The highest BCUT2D eigenvalue weighted by atomic mass is 35.5. The van der Waals surface area contributed by atoms with E-state index < -0.39 is 0 Å². The van der Waals surface area contributed by atoms with Gasteiger partial charge >= 0.3 is 0 Å². The van der Waals surface area contributed by atoms with Crippen LogP contribution in [-0.4, -0.2) is 41.9 Å². The lowest BCUT2D eigenvalue weighted by Crippen LogP contribution is -2.32. The Bertz CT molecular complexity index is 422. The van der Waals surface area contributed by atoms with Gasteiger partial charge in [-0.15, -0.1) is 0 Å². The van der Waals surface area contributed by atoms with E-state index in [1.807, 2.05) is 36.1 Å². The summed E-state index contributed by atoms with van der Waals surface area (Å²) in [5.41, 5.74) is 1.14. The van der Waals surface area contributed by atoms with Gasteiger partial charge in [0, 0.05) is 44.2 Å². The fraction of sp³-hybridized carbons (Fsp3) is 0.500. The van der Waals surface area contributed by atoms with Crippen LogP contribution in [0.25, 0.3) is 0 Å². The first-order valence-electron chi connectivity index (χ1n) is 6.44. The SMILES string of the molecule is CCN1CCN(Cc2ccccc2Cl)CCC1=O. The van der Waals surface area contributed by atoms with E-state index >= 15 is 0 Å². The summed E-state index contributed by atoms with van der Waals surface area (Å²) in [6, 6.07) is 7.91. The van der Waals surface area contributed by atoms with Gasteiger partial charge in [0.2, 0.25) is 5.91 Å². The molecule has 4 heteroatoms. The minimum Gasteiger partial charge on any atom is -0.342 e. The molecule has 0 aromatic heterocycles. The van der Waals surface area contributed by atoms with Crippen LogP contribution in [0.15, 0.2) is 24.3 Å². The quantitative estimate of drug-likeness (QED) is 0.839. The van der Waals surface area contributed by atoms with Gasteiger partial charge in [-0.25, -0.2) is 0 Å². The number of likely N-dealkylation sites (N-methyl/N-ethyl adjacent to an activating group) is 1. The number of rotatable bonds is 3. The molecule has 3 nitrogen and oxygen atoms in total. The molecule has 0 saturated carbocycles. The van der Waals surface area contributed by atoms with Crippen molar-refractivity contribution < 1.29 is 4.79 Å². The molecule has 0 radical (unpaired) electrons. The Morgan fingerprint density at radius 1 is 1.22 bits per heavy atom. The van der Waals surface area contributed by atoms with Crippen molar-refractivity contribution >= 4 is 17.5 Å². The van der Waals surface area contributed by atoms with E-state index in [0.717, 1.165) is 43.3 Å². The molecule has 1 saturated heterocycles. The number of benzene rings is 1. The molecule has 1 aliphatic heterocycles. The van der Waals surface area contributed by atoms with Crippen LogP contribution < -0.4 is 0 Å². The molecule has 2 rings (SSSR count). The Labute approximate surface area is 113 Å². The molecule has 1 aliphatic rings. The van der Waals surface area contributed by atoms with Crippen molar-refractivity contribution in [2.75, 3.05) is 26.2 Å². The van der Waals surface area contributed by atoms with Gasteiger partial charge in [0.05, 0.1) is 0 Å². The lowest BCUT2D eigenvalue weighted by atomic mass is 10.2. The first kappa shape index (κ1) is 13.4. The number of hydrogen-bond donors (Lipinski definition) is 0. The zero-order chi connectivity index (χ0) is 13.0. The number of carbonyl (C=O) groups excluding carboxylic acids is 1. The molecule has 0 spiro atoms. The molecule has 1 fully saturated rings. The summed E-state index contributed by atoms with van der Waals surface area (Å²) < 4.78 is 0. The Hall–Kier alpha value is -1.06. The van der Waals surface area contributed by atoms with Gasteiger partial charge < -0.3 is 4.90 Å². The van der Waals surface area contributed by atoms with Crippen LogP contribution in [0.4, 0.5) is 0 Å². The summed E-state index contributed by atoms with van der Waals surface area (Å²) >= 11 is 6.16. The molecule has 0 unspecified atom stereocenters. The predicted octanol–water partition coefficient (Wildman–Crippen LogP) is 2.39. The van der Waals surface area contributed by atoms with E-state index in [1.165, 1.54) is 0 Å². The normalized spacial score (nSPS) is 17.9. The maximum atomic E-state index is 11.8. The van der Waals surface area contributed by atoms with Crippen molar-refractivity contribution in [3.05, 3.63) is 34.9 Å². The predicted molar refractivity (Wildman–Crippen MR) is 73.6 cm³/mol. The third kappa shape index (κ3) is 3.24. The fourth-order valence-electron chi connectivity index (χ4n) is 2.27. The number of hydrogen-bond acceptors (Lipinski definition) is 2. The molecule has 1 aromatic carbocycles. The summed E-state index contributed by atoms with van der Waals surface area (Å²) in [6.45, 7) is 6.22. The molecule has 0 N–H and O–H groups in total. The van der Waals surface area contributed by atoms with Crippen LogP contribution in [-0.2, 0) is 11.3 Å². The number of amides is 1. The summed E-state index contributed by atoms with van der Waals surface area (Å²) in [4.78, 5) is 16.0. The number of halogens is 1. The van der Waals surface area contributed by atoms with Crippen LogP contribution in [0.3, 0.4) is 0 Å². The Morgan fingerprint density at radius 2 is 2.00 bits per heavy atom. The van der Waals surface area contributed by atoms with Crippen LogP contribution in [0.5, 0.6) is 0 Å². The molecule has 1 aromatic rings. The minimum absolute atomic E-state index is 0.263. The highest BCUT2D eigenvalue weighted by Gasteiger charge is 2.19. The standard InChI is InChI=1S/C14H19ClN2O/c1-2-17-10-9-16(8-7-14(17)18)11-12-5-3-4-6-13(12)15/h3-6H,2,7-11H2,1H3. The van der Waals surface area contributed by atoms with Crippen molar-refractivity contribution in [3.63, 3.8) is 0 Å². The fourth-order valence-corrected chi connectivity index (χ4v) is 2.47. The molecule has 1 amide bonds. The van der Waals surface area contributed by atoms with E-state index in [2.05, 4.69) is 4.90 Å². The largest absolute Gasteiger partial charge is 0.342 e. The summed E-state index contributed by atoms with van der Waals surface area (Å²) in [7, 11) is 0. The maximum Gasteiger partial charge on any atom is 0.223 e. The van der Waals surface area contributed by atoms with Crippen molar-refractivity contribution in [3.8, 4) is 0 Å². The minimum atomic E-state index is 0.263. The Balaban J connectivity index is 1.99. The van der Waals surface area contributed by atoms with Crippen molar-refractivity contribution in [2.45, 2.75) is 19.9 Å². The van der Waals surface area contributed by atoms with Crippen molar-refractivity contribution in [1.82, 2.24) is 9.80 Å². The Morgan fingerprint density at radius 3 is 2.72 bits per heavy atom. The molecule has 0 aliphatic carbocycles. The van der Waals surface area contributed by atoms with E-state index in [0.29, 0.717) is 6.42 Å². The van der Waals surface area contributed by atoms with E-state index in [1.54, 1.807) is 0 Å². The molecule has 1 heterocycles. The number of nitrogens with zero attached hydrogens (tertiary/aromatic N) is 2. The zero-order valence-electron chi connectivity index (χ0n) is 10.7. The van der Waals surface area contributed by atoms with Crippen LogP contribution in [0.1, 0.15) is 18.9 Å². The van der Waals surface area contributed by atoms with Gasteiger partial charge in [-0.2, -0.15) is 0 Å². The Kier molecular flexibility index (Phi) is 4.61. The van der Waals surface area contributed by atoms with Gasteiger partial charge in [-0.05, 0) is 18.6 Å². The second-order valence-corrected chi connectivity index (χ2v) is 5.00. The number of carbonyl (C=O) groups is 1. The van der Waals surface area contributed by atoms with Crippen molar-refractivity contribution in [2.24, 2.45) is 0 Å². The topological polar surface area (TPSA) is 23.6 Å². The van der Waals surface area contributed by atoms with Gasteiger partial charge in [0.1, 0.15) is 0 Å². The van der Waals surface area contributed by atoms with Crippen molar-refractivity contribution in [1.29, 1.82) is 0 Å². The van der Waals surface area contributed by atoms with Gasteiger partial charge in [0.25, 0.3) is 0 Å². The first-order valence-corrected chi connectivity index (χ1v) is 6.82. The van der Waals surface area contributed by atoms with Gasteiger partial charge in [-0.1, -0.05) is 29.8 Å². The average molecular weight is 267 g/mol. The second kappa shape index (κ2) is 6.21. The average Bonchev–Trinajstić information content (AvgIpc) is 2.55. The second-order valence-electron chi connectivity index (χ2n) is 4.59. The monoisotopic (exact) mass is 266 g/mol. The lowest BCUT2D eigenvalue weighted by Gasteiger charge is -2.21. The molecule has 18 heavy (non-hydrogen) atoms. The smallest absolute Gasteiger partial charge is 0.223 e. The van der Waals surface area contributed by atoms with Gasteiger partial charge in [0.15, 0.2) is 0 Å². The van der Waals surface area contributed by atoms with Crippen LogP contribution in [0, 0.1) is 0 Å². The first-order chi connectivity index (χ1) is 8.70. The lowest BCUT2D eigenvalue weighted by molar-refractivity contribution is -0.130. The maximum absolute atomic E-state index is 11.8. The third-order valence-corrected chi connectivity index (χ3v) is 3.78. The molecular formula is C14H19ClN2O. The highest BCUT2D eigenvalue weighted by molar-refractivity contribution is 6.31.